The number of rotatable bonds is 4. The van der Waals surface area contributed by atoms with E-state index in [1.807, 2.05) is 31.2 Å². The first-order valence-electron chi connectivity index (χ1n) is 10.6. The molecule has 0 saturated carbocycles. The SMILES string of the molecule is Cc1cccc(-c2ccc(C(=O)N3CCCN(Cc4ccc(F)cc4)CC3)c(=O)[nH]2)c1. The fourth-order valence-electron chi connectivity index (χ4n) is 3.97. The van der Waals surface area contributed by atoms with Crippen molar-refractivity contribution in [1.82, 2.24) is 14.8 Å². The van der Waals surface area contributed by atoms with Crippen LogP contribution in [-0.2, 0) is 6.54 Å². The van der Waals surface area contributed by atoms with Crippen molar-refractivity contribution in [3.63, 3.8) is 0 Å². The normalized spacial score (nSPS) is 15.0. The summed E-state index contributed by atoms with van der Waals surface area (Å²) in [4.78, 5) is 32.5. The lowest BCUT2D eigenvalue weighted by molar-refractivity contribution is 0.0759. The lowest BCUT2D eigenvalue weighted by Crippen LogP contribution is -2.37. The Balaban J connectivity index is 1.43. The maximum atomic E-state index is 13.1. The Bertz CT molecular complexity index is 1120. The maximum Gasteiger partial charge on any atom is 0.261 e. The standard InChI is InChI=1S/C25H26FN3O2/c1-18-4-2-5-20(16-18)23-11-10-22(24(30)27-23)25(31)29-13-3-12-28(14-15-29)17-19-6-8-21(26)9-7-19/h2,4-11,16H,3,12-15,17H2,1H3,(H,27,30). The summed E-state index contributed by atoms with van der Waals surface area (Å²) in [6.45, 7) is 5.44. The predicted octanol–water partition coefficient (Wildman–Crippen LogP) is 3.84. The van der Waals surface area contributed by atoms with E-state index in [1.165, 1.54) is 12.1 Å². The molecule has 4 rings (SSSR count). The van der Waals surface area contributed by atoms with Crippen molar-refractivity contribution >= 4 is 5.91 Å². The number of carbonyl (C=O) groups is 1. The van der Waals surface area contributed by atoms with Crippen LogP contribution in [0.5, 0.6) is 0 Å². The molecule has 1 amide bonds. The van der Waals surface area contributed by atoms with Crippen molar-refractivity contribution in [1.29, 1.82) is 0 Å². The zero-order chi connectivity index (χ0) is 21.8. The first-order chi connectivity index (χ1) is 15.0. The monoisotopic (exact) mass is 419 g/mol. The molecule has 0 radical (unpaired) electrons. The summed E-state index contributed by atoms with van der Waals surface area (Å²) in [6.07, 6.45) is 0.826. The number of aromatic amines is 1. The number of nitrogens with zero attached hydrogens (tertiary/aromatic N) is 2. The fourth-order valence-corrected chi connectivity index (χ4v) is 3.97. The summed E-state index contributed by atoms with van der Waals surface area (Å²) in [7, 11) is 0. The molecule has 2 aromatic carbocycles. The molecule has 1 saturated heterocycles. The van der Waals surface area contributed by atoms with E-state index >= 15 is 0 Å². The van der Waals surface area contributed by atoms with Crippen molar-refractivity contribution in [3.8, 4) is 11.3 Å². The van der Waals surface area contributed by atoms with Gasteiger partial charge >= 0.3 is 0 Å². The number of pyridine rings is 1. The van der Waals surface area contributed by atoms with E-state index in [4.69, 9.17) is 0 Å². The predicted molar refractivity (Wildman–Crippen MR) is 119 cm³/mol. The number of nitrogens with one attached hydrogen (secondary N) is 1. The molecule has 2 heterocycles. The van der Waals surface area contributed by atoms with Crippen LogP contribution in [0.1, 0.15) is 27.9 Å². The second kappa shape index (κ2) is 9.27. The first-order valence-corrected chi connectivity index (χ1v) is 10.6. The molecule has 0 unspecified atom stereocenters. The number of amides is 1. The van der Waals surface area contributed by atoms with E-state index < -0.39 is 0 Å². The van der Waals surface area contributed by atoms with E-state index in [2.05, 4.69) is 9.88 Å². The molecular weight excluding hydrogens is 393 g/mol. The summed E-state index contributed by atoms with van der Waals surface area (Å²) < 4.78 is 13.1. The van der Waals surface area contributed by atoms with Crippen LogP contribution in [0.2, 0.25) is 0 Å². The lowest BCUT2D eigenvalue weighted by Gasteiger charge is -2.22. The summed E-state index contributed by atoms with van der Waals surface area (Å²) in [5.41, 5.74) is 3.58. The molecule has 1 N–H and O–H groups in total. The first kappa shape index (κ1) is 21.0. The molecule has 0 spiro atoms. The second-order valence-corrected chi connectivity index (χ2v) is 8.03. The average Bonchev–Trinajstić information content (AvgIpc) is 3.00. The van der Waals surface area contributed by atoms with E-state index in [0.717, 1.165) is 29.7 Å². The Kier molecular flexibility index (Phi) is 6.28. The maximum absolute atomic E-state index is 13.1. The van der Waals surface area contributed by atoms with Crippen LogP contribution in [0.3, 0.4) is 0 Å². The highest BCUT2D eigenvalue weighted by atomic mass is 19.1. The van der Waals surface area contributed by atoms with Crippen molar-refractivity contribution < 1.29 is 9.18 Å². The van der Waals surface area contributed by atoms with E-state index in [9.17, 15) is 14.0 Å². The summed E-state index contributed by atoms with van der Waals surface area (Å²) >= 11 is 0. The number of H-pyrrole nitrogens is 1. The molecular formula is C25H26FN3O2. The van der Waals surface area contributed by atoms with Gasteiger partial charge in [-0.3, -0.25) is 14.5 Å². The van der Waals surface area contributed by atoms with Crippen LogP contribution < -0.4 is 5.56 Å². The number of aromatic nitrogens is 1. The molecule has 3 aromatic rings. The van der Waals surface area contributed by atoms with Gasteiger partial charge in [-0.1, -0.05) is 35.9 Å². The summed E-state index contributed by atoms with van der Waals surface area (Å²) in [5.74, 6) is -0.476. The minimum atomic E-state index is -0.364. The average molecular weight is 420 g/mol. The van der Waals surface area contributed by atoms with Crippen molar-refractivity contribution in [2.75, 3.05) is 26.2 Å². The highest BCUT2D eigenvalue weighted by molar-refractivity contribution is 5.94. The lowest BCUT2D eigenvalue weighted by atomic mass is 10.1. The van der Waals surface area contributed by atoms with Gasteiger partial charge in [0.1, 0.15) is 11.4 Å². The van der Waals surface area contributed by atoms with Crippen molar-refractivity contribution in [2.45, 2.75) is 19.9 Å². The quantitative estimate of drug-likeness (QED) is 0.699. The zero-order valence-corrected chi connectivity index (χ0v) is 17.6. The van der Waals surface area contributed by atoms with Crippen LogP contribution in [0.15, 0.2) is 65.5 Å². The Morgan fingerprint density at radius 3 is 2.55 bits per heavy atom. The van der Waals surface area contributed by atoms with Crippen LogP contribution in [-0.4, -0.2) is 46.9 Å². The molecule has 0 bridgehead atoms. The number of hydrogen-bond acceptors (Lipinski definition) is 3. The van der Waals surface area contributed by atoms with Crippen LogP contribution in [0.4, 0.5) is 4.39 Å². The largest absolute Gasteiger partial charge is 0.337 e. The van der Waals surface area contributed by atoms with Gasteiger partial charge in [0.25, 0.3) is 11.5 Å². The molecule has 5 nitrogen and oxygen atoms in total. The Morgan fingerprint density at radius 2 is 1.81 bits per heavy atom. The third-order valence-electron chi connectivity index (χ3n) is 5.66. The zero-order valence-electron chi connectivity index (χ0n) is 17.6. The van der Waals surface area contributed by atoms with Gasteiger partial charge in [-0.25, -0.2) is 4.39 Å². The van der Waals surface area contributed by atoms with Gasteiger partial charge in [-0.2, -0.15) is 0 Å². The smallest absolute Gasteiger partial charge is 0.261 e. The highest BCUT2D eigenvalue weighted by Gasteiger charge is 2.22. The van der Waals surface area contributed by atoms with Crippen molar-refractivity contribution in [2.24, 2.45) is 0 Å². The van der Waals surface area contributed by atoms with Crippen LogP contribution in [0, 0.1) is 12.7 Å². The summed E-state index contributed by atoms with van der Waals surface area (Å²) in [5, 5.41) is 0. The van der Waals surface area contributed by atoms with Crippen LogP contribution in [0.25, 0.3) is 11.3 Å². The van der Waals surface area contributed by atoms with E-state index in [-0.39, 0.29) is 22.8 Å². The van der Waals surface area contributed by atoms with Gasteiger partial charge in [-0.05, 0) is 54.8 Å². The number of halogens is 1. The third-order valence-corrected chi connectivity index (χ3v) is 5.66. The van der Waals surface area contributed by atoms with Gasteiger partial charge < -0.3 is 9.88 Å². The molecule has 1 aliphatic heterocycles. The number of carbonyl (C=O) groups excluding carboxylic acids is 1. The fraction of sp³-hybridized carbons (Fsp3) is 0.280. The van der Waals surface area contributed by atoms with E-state index in [0.29, 0.717) is 31.9 Å². The van der Waals surface area contributed by atoms with Gasteiger partial charge in [0.05, 0.1) is 0 Å². The number of hydrogen-bond donors (Lipinski definition) is 1. The molecule has 160 valence electrons. The van der Waals surface area contributed by atoms with Crippen molar-refractivity contribution in [3.05, 3.63) is 93.5 Å². The Labute approximate surface area is 181 Å². The number of aryl methyl sites for hydroxylation is 1. The molecule has 0 atom stereocenters. The van der Waals surface area contributed by atoms with Gasteiger partial charge in [0.2, 0.25) is 0 Å². The molecule has 31 heavy (non-hydrogen) atoms. The Hall–Kier alpha value is -3.25. The van der Waals surface area contributed by atoms with Crippen LogP contribution >= 0.6 is 0 Å². The highest BCUT2D eigenvalue weighted by Crippen LogP contribution is 2.18. The third kappa shape index (κ3) is 5.09. The van der Waals surface area contributed by atoms with Gasteiger partial charge in [-0.15, -0.1) is 0 Å². The Morgan fingerprint density at radius 1 is 1.00 bits per heavy atom. The second-order valence-electron chi connectivity index (χ2n) is 8.03. The minimum absolute atomic E-state index is 0.170. The molecule has 1 aliphatic rings. The summed E-state index contributed by atoms with van der Waals surface area (Å²) in [6, 6.07) is 17.8. The molecule has 6 heteroatoms. The van der Waals surface area contributed by atoms with Gasteiger partial charge in [0, 0.05) is 38.4 Å². The molecule has 1 aromatic heterocycles. The van der Waals surface area contributed by atoms with Gasteiger partial charge in [0.15, 0.2) is 0 Å². The number of benzene rings is 2. The molecule has 1 fully saturated rings. The molecule has 0 aliphatic carbocycles. The van der Waals surface area contributed by atoms with E-state index in [1.54, 1.807) is 29.2 Å². The minimum Gasteiger partial charge on any atom is -0.337 e. The topological polar surface area (TPSA) is 56.4 Å².